The Morgan fingerprint density at radius 3 is 0.894 bits per heavy atom. The summed E-state index contributed by atoms with van der Waals surface area (Å²) < 4.78 is 76.2. The van der Waals surface area contributed by atoms with Gasteiger partial charge in [-0.25, -0.2) is 0 Å². The standard InChI is InChI=1S/C53H60O12S/c54-31-32-56-48(33-57-43-19-7-1-8-20-43)34-62-49(35-58-44-21-9-2-10-22-44)38-63-50(36-59-45-23-11-3-12-24-45)39-64-51(37-60-46-25-13-4-14-26-46)40-65-52(41-61-47-27-15-5-16-28-47)42-66(55)53-29-17-6-18-30-53/h1-30,48-52,54H,31-42H2. The monoisotopic (exact) mass is 920 g/mol. The summed E-state index contributed by atoms with van der Waals surface area (Å²) in [5, 5.41) is 9.55. The van der Waals surface area contributed by atoms with Gasteiger partial charge in [0.25, 0.3) is 0 Å². The third-order valence-corrected chi connectivity index (χ3v) is 11.2. The van der Waals surface area contributed by atoms with Crippen molar-refractivity contribution >= 4 is 10.8 Å². The summed E-state index contributed by atoms with van der Waals surface area (Å²) in [6.45, 7) is 1.27. The van der Waals surface area contributed by atoms with Crippen LogP contribution in [0.5, 0.6) is 28.7 Å². The van der Waals surface area contributed by atoms with Gasteiger partial charge in [0, 0.05) is 4.90 Å². The first-order valence-corrected chi connectivity index (χ1v) is 23.4. The van der Waals surface area contributed by atoms with Crippen LogP contribution in [0.2, 0.25) is 0 Å². The molecule has 1 N–H and O–H groups in total. The molecule has 0 aliphatic rings. The van der Waals surface area contributed by atoms with E-state index in [0.29, 0.717) is 33.6 Å². The van der Waals surface area contributed by atoms with Crippen LogP contribution in [0.15, 0.2) is 187 Å². The fourth-order valence-electron chi connectivity index (χ4n) is 6.28. The highest BCUT2D eigenvalue weighted by atomic mass is 32.2. The molecule has 6 unspecified atom stereocenters. The Morgan fingerprint density at radius 1 is 0.333 bits per heavy atom. The second-order valence-corrected chi connectivity index (χ2v) is 16.5. The third kappa shape index (κ3) is 19.4. The quantitative estimate of drug-likeness (QED) is 0.0428. The fourth-order valence-corrected chi connectivity index (χ4v) is 7.46. The minimum absolute atomic E-state index is 0.0968. The molecule has 0 fully saturated rings. The summed E-state index contributed by atoms with van der Waals surface area (Å²) in [5.41, 5.74) is 0. The first-order chi connectivity index (χ1) is 32.6. The Balaban J connectivity index is 1.15. The van der Waals surface area contributed by atoms with Crippen LogP contribution < -0.4 is 23.7 Å². The van der Waals surface area contributed by atoms with Gasteiger partial charge in [-0.1, -0.05) is 109 Å². The largest absolute Gasteiger partial charge is 0.491 e. The molecule has 0 spiro atoms. The van der Waals surface area contributed by atoms with E-state index in [1.54, 1.807) is 0 Å². The van der Waals surface area contributed by atoms with Crippen molar-refractivity contribution in [2.45, 2.75) is 35.4 Å². The van der Waals surface area contributed by atoms with Crippen molar-refractivity contribution in [3.63, 3.8) is 0 Å². The second kappa shape index (κ2) is 29.7. The predicted molar refractivity (Wildman–Crippen MR) is 253 cm³/mol. The number of hydrogen-bond donors (Lipinski definition) is 1. The van der Waals surface area contributed by atoms with E-state index in [2.05, 4.69) is 0 Å². The van der Waals surface area contributed by atoms with Gasteiger partial charge < -0.3 is 52.5 Å². The van der Waals surface area contributed by atoms with E-state index < -0.39 is 41.3 Å². The fraction of sp³-hybridized carbons (Fsp3) is 0.321. The summed E-state index contributed by atoms with van der Waals surface area (Å²) in [6.07, 6.45) is -2.77. The molecule has 12 nitrogen and oxygen atoms in total. The van der Waals surface area contributed by atoms with E-state index in [9.17, 15) is 9.32 Å². The molecule has 13 heteroatoms. The Bertz CT molecular complexity index is 2140. The topological polar surface area (TPSA) is 130 Å². The van der Waals surface area contributed by atoms with E-state index in [4.69, 9.17) is 47.4 Å². The summed E-state index contributed by atoms with van der Waals surface area (Å²) in [7, 11) is -1.35. The Kier molecular flexibility index (Phi) is 22.3. The molecule has 6 aromatic rings. The van der Waals surface area contributed by atoms with E-state index >= 15 is 0 Å². The molecule has 6 rings (SSSR count). The Labute approximate surface area is 390 Å². The van der Waals surface area contributed by atoms with E-state index in [-0.39, 0.29) is 78.4 Å². The number of hydrogen-bond acceptors (Lipinski definition) is 12. The molecule has 0 heterocycles. The maximum absolute atomic E-state index is 13.5. The Hall–Kier alpha value is -5.77. The Morgan fingerprint density at radius 2 is 0.591 bits per heavy atom. The second-order valence-electron chi connectivity index (χ2n) is 15.0. The first kappa shape index (κ1) is 49.7. The van der Waals surface area contributed by atoms with E-state index in [1.807, 2.05) is 182 Å². The lowest BCUT2D eigenvalue weighted by Crippen LogP contribution is -2.39. The van der Waals surface area contributed by atoms with Crippen molar-refractivity contribution in [1.82, 2.24) is 0 Å². The number of aliphatic hydroxyl groups excluding tert-OH is 1. The first-order valence-electron chi connectivity index (χ1n) is 22.1. The van der Waals surface area contributed by atoms with Gasteiger partial charge in [-0.05, 0) is 72.8 Å². The average Bonchev–Trinajstić information content (AvgIpc) is 3.38. The van der Waals surface area contributed by atoms with Crippen LogP contribution >= 0.6 is 0 Å². The maximum Gasteiger partial charge on any atom is 0.119 e. The van der Waals surface area contributed by atoms with Gasteiger partial charge in [-0.15, -0.1) is 0 Å². The molecule has 0 saturated carbocycles. The summed E-state index contributed by atoms with van der Waals surface area (Å²) in [5.74, 6) is 3.61. The van der Waals surface area contributed by atoms with Gasteiger partial charge in [0.15, 0.2) is 0 Å². The normalized spacial score (nSPS) is 14.0. The van der Waals surface area contributed by atoms with Crippen molar-refractivity contribution in [3.8, 4) is 28.7 Å². The van der Waals surface area contributed by atoms with Crippen LogP contribution in [0, 0.1) is 0 Å². The van der Waals surface area contributed by atoms with Crippen LogP contribution in [0.4, 0.5) is 0 Å². The van der Waals surface area contributed by atoms with E-state index in [1.165, 1.54) is 0 Å². The minimum Gasteiger partial charge on any atom is -0.491 e. The lowest BCUT2D eigenvalue weighted by atomic mass is 10.3. The highest BCUT2D eigenvalue weighted by Crippen LogP contribution is 2.17. The van der Waals surface area contributed by atoms with Crippen LogP contribution in [0.3, 0.4) is 0 Å². The van der Waals surface area contributed by atoms with Gasteiger partial charge >= 0.3 is 0 Å². The van der Waals surface area contributed by atoms with Crippen LogP contribution in [-0.4, -0.2) is 118 Å². The van der Waals surface area contributed by atoms with Gasteiger partial charge in [-0.3, -0.25) is 4.21 Å². The third-order valence-electron chi connectivity index (χ3n) is 9.75. The molecule has 0 saturated heterocycles. The predicted octanol–water partition coefficient (Wildman–Crippen LogP) is 8.11. The lowest BCUT2D eigenvalue weighted by Gasteiger charge is -2.27. The van der Waals surface area contributed by atoms with Gasteiger partial charge in [-0.2, -0.15) is 0 Å². The molecule has 0 amide bonds. The zero-order valence-electron chi connectivity index (χ0n) is 37.0. The summed E-state index contributed by atoms with van der Waals surface area (Å²) in [6, 6.07) is 56.7. The molecular weight excluding hydrogens is 861 g/mol. The van der Waals surface area contributed by atoms with Crippen LogP contribution in [0.1, 0.15) is 0 Å². The average molecular weight is 921 g/mol. The molecule has 0 bridgehead atoms. The number of para-hydroxylation sites is 5. The number of ether oxygens (including phenoxy) is 10. The molecule has 0 aromatic heterocycles. The molecule has 350 valence electrons. The molecule has 6 atom stereocenters. The van der Waals surface area contributed by atoms with Crippen molar-refractivity contribution in [3.05, 3.63) is 182 Å². The molecular formula is C53H60O12S. The zero-order chi connectivity index (χ0) is 45.7. The smallest absolute Gasteiger partial charge is 0.119 e. The molecule has 6 aromatic carbocycles. The van der Waals surface area contributed by atoms with Gasteiger partial charge in [0.05, 0.1) is 56.2 Å². The lowest BCUT2D eigenvalue weighted by molar-refractivity contribution is -0.128. The zero-order valence-corrected chi connectivity index (χ0v) is 37.9. The highest BCUT2D eigenvalue weighted by molar-refractivity contribution is 7.85. The van der Waals surface area contributed by atoms with Gasteiger partial charge in [0.2, 0.25) is 0 Å². The van der Waals surface area contributed by atoms with E-state index in [0.717, 1.165) is 0 Å². The van der Waals surface area contributed by atoms with Crippen molar-refractivity contribution in [2.24, 2.45) is 0 Å². The number of aliphatic hydroxyl groups is 1. The molecule has 0 aliphatic heterocycles. The number of rotatable bonds is 33. The molecule has 0 radical (unpaired) electrons. The van der Waals surface area contributed by atoms with Crippen molar-refractivity contribution in [1.29, 1.82) is 0 Å². The van der Waals surface area contributed by atoms with Crippen molar-refractivity contribution in [2.75, 3.05) is 78.4 Å². The SMILES string of the molecule is O=S(CC(COc1ccccc1)OCC(COc1ccccc1)OCC(COc1ccccc1)OCC(COc1ccccc1)OCC(COc1ccccc1)OCCO)c1ccccc1. The summed E-state index contributed by atoms with van der Waals surface area (Å²) in [4.78, 5) is 0.703. The van der Waals surface area contributed by atoms with Crippen LogP contribution in [-0.2, 0) is 34.5 Å². The van der Waals surface area contributed by atoms with Crippen molar-refractivity contribution < 1.29 is 56.7 Å². The van der Waals surface area contributed by atoms with Gasteiger partial charge in [0.1, 0.15) is 92.3 Å². The summed E-state index contributed by atoms with van der Waals surface area (Å²) >= 11 is 0. The van der Waals surface area contributed by atoms with Crippen LogP contribution in [0.25, 0.3) is 0 Å². The molecule has 66 heavy (non-hydrogen) atoms. The molecule has 0 aliphatic carbocycles. The highest BCUT2D eigenvalue weighted by Gasteiger charge is 2.24. The maximum atomic E-state index is 13.5. The number of benzene rings is 6. The minimum atomic E-state index is -1.35.